The molecule has 1 amide bonds. The second-order valence-electron chi connectivity index (χ2n) is 7.63. The Bertz CT molecular complexity index is 1290. The predicted molar refractivity (Wildman–Crippen MR) is 116 cm³/mol. The molecule has 0 aliphatic heterocycles. The highest BCUT2D eigenvalue weighted by molar-refractivity contribution is 7.13. The van der Waals surface area contributed by atoms with Crippen LogP contribution in [0.25, 0.3) is 21.8 Å². The molecule has 0 saturated heterocycles. The first-order chi connectivity index (χ1) is 15.6. The van der Waals surface area contributed by atoms with Crippen LogP contribution in [0.2, 0.25) is 0 Å². The lowest BCUT2D eigenvalue weighted by atomic mass is 10.2. The Morgan fingerprint density at radius 1 is 1.28 bits per heavy atom. The van der Waals surface area contributed by atoms with Gasteiger partial charge in [-0.3, -0.25) is 10.1 Å². The average molecular weight is 452 g/mol. The summed E-state index contributed by atoms with van der Waals surface area (Å²) in [7, 11) is 0. The molecule has 1 aliphatic carbocycles. The number of hydrogen-bond acceptors (Lipinski definition) is 9. The Morgan fingerprint density at radius 2 is 2.12 bits per heavy atom. The maximum absolute atomic E-state index is 12.4. The summed E-state index contributed by atoms with van der Waals surface area (Å²) in [4.78, 5) is 29.8. The number of thiophene rings is 1. The first kappa shape index (κ1) is 20.3. The van der Waals surface area contributed by atoms with Gasteiger partial charge in [0.15, 0.2) is 12.3 Å². The molecule has 4 heterocycles. The van der Waals surface area contributed by atoms with E-state index in [1.807, 2.05) is 23.1 Å². The molecule has 164 valence electrons. The summed E-state index contributed by atoms with van der Waals surface area (Å²) in [5, 5.41) is 17.3. The van der Waals surface area contributed by atoms with E-state index in [4.69, 9.17) is 9.15 Å². The maximum atomic E-state index is 12.4. The number of rotatable bonds is 6. The van der Waals surface area contributed by atoms with Crippen LogP contribution in [0, 0.1) is 6.92 Å². The SMILES string of the molecule is Cc1ccsc1-c1nnc(NC(=O)COC(=O)c2cnc3c(cnn3C3CCCC3)c2)o1. The minimum Gasteiger partial charge on any atom is -0.452 e. The molecule has 1 fully saturated rings. The summed E-state index contributed by atoms with van der Waals surface area (Å²) in [6, 6.07) is 3.91. The molecule has 0 aromatic carbocycles. The number of nitrogens with zero attached hydrogens (tertiary/aromatic N) is 5. The lowest BCUT2D eigenvalue weighted by Gasteiger charge is -2.10. The number of ether oxygens (including phenoxy) is 1. The molecule has 1 saturated carbocycles. The van der Waals surface area contributed by atoms with E-state index in [2.05, 4.69) is 25.6 Å². The summed E-state index contributed by atoms with van der Waals surface area (Å²) >= 11 is 1.47. The lowest BCUT2D eigenvalue weighted by molar-refractivity contribution is -0.119. The zero-order chi connectivity index (χ0) is 22.1. The molecule has 5 rings (SSSR count). The highest BCUT2D eigenvalue weighted by Crippen LogP contribution is 2.31. The fraction of sp³-hybridized carbons (Fsp3) is 0.333. The minimum absolute atomic E-state index is 0.0590. The van der Waals surface area contributed by atoms with Crippen LogP contribution >= 0.6 is 11.3 Å². The van der Waals surface area contributed by atoms with Crippen LogP contribution in [0.3, 0.4) is 0 Å². The van der Waals surface area contributed by atoms with Crippen molar-refractivity contribution >= 4 is 40.3 Å². The third kappa shape index (κ3) is 3.98. The van der Waals surface area contributed by atoms with Gasteiger partial charge in [0.25, 0.3) is 11.8 Å². The highest BCUT2D eigenvalue weighted by Gasteiger charge is 2.21. The van der Waals surface area contributed by atoms with Crippen molar-refractivity contribution in [2.75, 3.05) is 11.9 Å². The quantitative estimate of drug-likeness (QED) is 0.438. The van der Waals surface area contributed by atoms with Gasteiger partial charge in [0.2, 0.25) is 0 Å². The largest absolute Gasteiger partial charge is 0.452 e. The standard InChI is InChI=1S/C21H20N6O4S/c1-12-6-7-32-17(12)19-25-26-21(31-19)24-16(28)11-30-20(29)14-8-13-10-23-27(18(13)22-9-14)15-4-2-3-5-15/h6-10,15H,2-5,11H2,1H3,(H,24,26,28). The van der Waals surface area contributed by atoms with E-state index in [-0.39, 0.29) is 11.6 Å². The van der Waals surface area contributed by atoms with Crippen LogP contribution in [0.1, 0.15) is 47.6 Å². The van der Waals surface area contributed by atoms with Crippen molar-refractivity contribution < 1.29 is 18.7 Å². The fourth-order valence-electron chi connectivity index (χ4n) is 3.79. The highest BCUT2D eigenvalue weighted by atomic mass is 32.1. The lowest BCUT2D eigenvalue weighted by Crippen LogP contribution is -2.21. The van der Waals surface area contributed by atoms with Crippen molar-refractivity contribution in [1.82, 2.24) is 25.0 Å². The van der Waals surface area contributed by atoms with E-state index < -0.39 is 18.5 Å². The van der Waals surface area contributed by atoms with Crippen molar-refractivity contribution in [3.8, 4) is 10.8 Å². The molecule has 1 N–H and O–H groups in total. The Morgan fingerprint density at radius 3 is 2.91 bits per heavy atom. The molecule has 0 radical (unpaired) electrons. The molecular formula is C21H20N6O4S. The maximum Gasteiger partial charge on any atom is 0.340 e. The number of carbonyl (C=O) groups is 2. The molecule has 32 heavy (non-hydrogen) atoms. The molecule has 1 aliphatic rings. The molecule has 0 atom stereocenters. The van der Waals surface area contributed by atoms with Gasteiger partial charge in [-0.1, -0.05) is 17.9 Å². The number of aromatic nitrogens is 5. The van der Waals surface area contributed by atoms with Gasteiger partial charge in [0.1, 0.15) is 0 Å². The van der Waals surface area contributed by atoms with Gasteiger partial charge in [0.05, 0.1) is 22.7 Å². The zero-order valence-electron chi connectivity index (χ0n) is 17.3. The molecule has 0 unspecified atom stereocenters. The van der Waals surface area contributed by atoms with Crippen LogP contribution in [0.5, 0.6) is 0 Å². The summed E-state index contributed by atoms with van der Waals surface area (Å²) < 4.78 is 12.5. The summed E-state index contributed by atoms with van der Waals surface area (Å²) in [6.07, 6.45) is 7.71. The molecule has 0 spiro atoms. The van der Waals surface area contributed by atoms with Gasteiger partial charge in [-0.25, -0.2) is 14.5 Å². The fourth-order valence-corrected chi connectivity index (χ4v) is 4.64. The second kappa shape index (κ2) is 8.50. The summed E-state index contributed by atoms with van der Waals surface area (Å²) in [6.45, 7) is 1.44. The van der Waals surface area contributed by atoms with E-state index in [9.17, 15) is 9.59 Å². The van der Waals surface area contributed by atoms with Gasteiger partial charge >= 0.3 is 12.0 Å². The van der Waals surface area contributed by atoms with Crippen LogP contribution < -0.4 is 5.32 Å². The third-order valence-corrected chi connectivity index (χ3v) is 6.41. The zero-order valence-corrected chi connectivity index (χ0v) is 18.1. The second-order valence-corrected chi connectivity index (χ2v) is 8.55. The number of amides is 1. The molecular weight excluding hydrogens is 432 g/mol. The van der Waals surface area contributed by atoms with Crippen molar-refractivity contribution in [2.24, 2.45) is 0 Å². The number of anilines is 1. The van der Waals surface area contributed by atoms with Gasteiger partial charge < -0.3 is 9.15 Å². The predicted octanol–water partition coefficient (Wildman–Crippen LogP) is 3.76. The van der Waals surface area contributed by atoms with E-state index in [1.54, 1.807) is 12.3 Å². The van der Waals surface area contributed by atoms with Gasteiger partial charge in [-0.2, -0.15) is 5.10 Å². The number of esters is 1. The van der Waals surface area contributed by atoms with E-state index >= 15 is 0 Å². The molecule has 4 aromatic rings. The number of pyridine rings is 1. The number of fused-ring (bicyclic) bond motifs is 1. The Balaban J connectivity index is 1.19. The number of carbonyl (C=O) groups excluding carboxylic acids is 2. The Labute approximate surface area is 186 Å². The molecule has 10 nitrogen and oxygen atoms in total. The van der Waals surface area contributed by atoms with Gasteiger partial charge in [-0.15, -0.1) is 16.4 Å². The first-order valence-corrected chi connectivity index (χ1v) is 11.1. The van der Waals surface area contributed by atoms with E-state index in [0.29, 0.717) is 11.9 Å². The topological polar surface area (TPSA) is 125 Å². The Hall–Kier alpha value is -3.60. The third-order valence-electron chi connectivity index (χ3n) is 5.40. The van der Waals surface area contributed by atoms with Gasteiger partial charge in [0, 0.05) is 11.6 Å². The van der Waals surface area contributed by atoms with Crippen LogP contribution in [-0.4, -0.2) is 43.4 Å². The van der Waals surface area contributed by atoms with Crippen molar-refractivity contribution in [2.45, 2.75) is 38.6 Å². The molecule has 11 heteroatoms. The monoisotopic (exact) mass is 452 g/mol. The number of nitrogens with one attached hydrogen (secondary N) is 1. The minimum atomic E-state index is -0.649. The molecule has 4 aromatic heterocycles. The van der Waals surface area contributed by atoms with Crippen LogP contribution in [-0.2, 0) is 9.53 Å². The van der Waals surface area contributed by atoms with E-state index in [1.165, 1.54) is 30.4 Å². The molecule has 0 bridgehead atoms. The van der Waals surface area contributed by atoms with Crippen LogP contribution in [0.15, 0.2) is 34.3 Å². The Kier molecular flexibility index (Phi) is 5.39. The number of aryl methyl sites for hydroxylation is 1. The first-order valence-electron chi connectivity index (χ1n) is 10.3. The average Bonchev–Trinajstić information content (AvgIpc) is 3.57. The van der Waals surface area contributed by atoms with Crippen molar-refractivity contribution in [3.05, 3.63) is 41.0 Å². The van der Waals surface area contributed by atoms with Crippen LogP contribution in [0.4, 0.5) is 6.01 Å². The smallest absolute Gasteiger partial charge is 0.340 e. The van der Waals surface area contributed by atoms with Crippen molar-refractivity contribution in [1.29, 1.82) is 0 Å². The van der Waals surface area contributed by atoms with E-state index in [0.717, 1.165) is 34.3 Å². The normalized spacial score (nSPS) is 14.2. The number of hydrogen-bond donors (Lipinski definition) is 1. The summed E-state index contributed by atoms with van der Waals surface area (Å²) in [5.74, 6) is -0.912. The summed E-state index contributed by atoms with van der Waals surface area (Å²) in [5.41, 5.74) is 2.01. The van der Waals surface area contributed by atoms with Gasteiger partial charge in [-0.05, 0) is 42.8 Å². The van der Waals surface area contributed by atoms with Crippen molar-refractivity contribution in [3.63, 3.8) is 0 Å².